The summed E-state index contributed by atoms with van der Waals surface area (Å²) in [5.74, 6) is 0.955. The van der Waals surface area contributed by atoms with Crippen LogP contribution < -0.4 is 11.1 Å². The number of nitrogens with one attached hydrogen (secondary N) is 1. The summed E-state index contributed by atoms with van der Waals surface area (Å²) < 4.78 is 0. The van der Waals surface area contributed by atoms with E-state index in [0.29, 0.717) is 12.4 Å². The minimum absolute atomic E-state index is 0.251. The Bertz CT molecular complexity index is 1390. The van der Waals surface area contributed by atoms with Crippen molar-refractivity contribution in [3.8, 4) is 22.4 Å². The van der Waals surface area contributed by atoms with Crippen molar-refractivity contribution in [2.24, 2.45) is 0 Å². The van der Waals surface area contributed by atoms with E-state index in [0.717, 1.165) is 22.5 Å². The van der Waals surface area contributed by atoms with Crippen LogP contribution in [0.25, 0.3) is 33.2 Å². The first-order valence-corrected chi connectivity index (χ1v) is 10.5. The molecule has 0 atom stereocenters. The molecule has 3 aromatic carbocycles. The summed E-state index contributed by atoms with van der Waals surface area (Å²) in [6.45, 7) is 2.64. The van der Waals surface area contributed by atoms with Crippen molar-refractivity contribution in [1.29, 1.82) is 0 Å². The fraction of sp³-hybridized carbons (Fsp3) is 0.0741. The van der Waals surface area contributed by atoms with E-state index in [1.54, 1.807) is 0 Å². The summed E-state index contributed by atoms with van der Waals surface area (Å²) >= 11 is 0. The number of rotatable bonds is 5. The van der Waals surface area contributed by atoms with Gasteiger partial charge in [-0.15, -0.1) is 0 Å². The normalized spacial score (nSPS) is 10.9. The van der Waals surface area contributed by atoms with Gasteiger partial charge in [0.15, 0.2) is 0 Å². The first kappa shape index (κ1) is 19.7. The molecule has 0 aliphatic carbocycles. The van der Waals surface area contributed by atoms with Crippen LogP contribution in [0.15, 0.2) is 91.1 Å². The smallest absolute Gasteiger partial charge is 0.222 e. The van der Waals surface area contributed by atoms with Gasteiger partial charge in [-0.05, 0) is 52.6 Å². The van der Waals surface area contributed by atoms with Crippen LogP contribution in [-0.4, -0.2) is 15.0 Å². The van der Waals surface area contributed by atoms with Gasteiger partial charge in [0.05, 0.1) is 5.69 Å². The third-order valence-corrected chi connectivity index (χ3v) is 5.45. The van der Waals surface area contributed by atoms with E-state index in [-0.39, 0.29) is 5.95 Å². The van der Waals surface area contributed by atoms with E-state index >= 15 is 0 Å². The zero-order chi connectivity index (χ0) is 21.9. The van der Waals surface area contributed by atoms with Crippen LogP contribution in [0.3, 0.4) is 0 Å². The van der Waals surface area contributed by atoms with E-state index < -0.39 is 0 Å². The molecule has 5 nitrogen and oxygen atoms in total. The van der Waals surface area contributed by atoms with Gasteiger partial charge in [-0.2, -0.15) is 4.98 Å². The number of aromatic nitrogens is 3. The Morgan fingerprint density at radius 3 is 2.34 bits per heavy atom. The van der Waals surface area contributed by atoms with Crippen LogP contribution in [0.1, 0.15) is 11.3 Å². The lowest BCUT2D eigenvalue weighted by Crippen LogP contribution is -2.05. The lowest BCUT2D eigenvalue weighted by Gasteiger charge is -2.10. The van der Waals surface area contributed by atoms with Crippen LogP contribution >= 0.6 is 0 Å². The highest BCUT2D eigenvalue weighted by atomic mass is 15.1. The second kappa shape index (κ2) is 8.47. The van der Waals surface area contributed by atoms with Gasteiger partial charge in [0, 0.05) is 30.1 Å². The third kappa shape index (κ3) is 4.27. The minimum Gasteiger partial charge on any atom is -0.368 e. The van der Waals surface area contributed by atoms with E-state index in [4.69, 9.17) is 5.73 Å². The van der Waals surface area contributed by atoms with Gasteiger partial charge in [-0.25, -0.2) is 4.98 Å². The Balaban J connectivity index is 1.34. The van der Waals surface area contributed by atoms with Gasteiger partial charge in [-0.1, -0.05) is 60.7 Å². The Hall–Kier alpha value is -4.25. The number of benzene rings is 3. The quantitative estimate of drug-likeness (QED) is 0.374. The van der Waals surface area contributed by atoms with Crippen molar-refractivity contribution in [3.05, 3.63) is 102 Å². The van der Waals surface area contributed by atoms with Crippen LogP contribution in [0.5, 0.6) is 0 Å². The standard InChI is InChI=1S/C27H23N5/c1-18-14-23(12-13-29-18)21-8-6-19(7-9-21)17-30-26-16-25(31-27(28)32-26)24-11-10-20-4-2-3-5-22(20)15-24/h2-16H,17H2,1H3,(H3,28,30,31,32). The van der Waals surface area contributed by atoms with Crippen LogP contribution in [-0.2, 0) is 6.54 Å². The summed E-state index contributed by atoms with van der Waals surface area (Å²) in [6.07, 6.45) is 1.84. The summed E-state index contributed by atoms with van der Waals surface area (Å²) in [5.41, 5.74) is 12.3. The zero-order valence-corrected chi connectivity index (χ0v) is 17.8. The molecule has 0 aliphatic rings. The molecule has 0 unspecified atom stereocenters. The topological polar surface area (TPSA) is 76.7 Å². The molecule has 0 aliphatic heterocycles. The van der Waals surface area contributed by atoms with E-state index in [1.807, 2.05) is 37.4 Å². The molecule has 2 heterocycles. The maximum atomic E-state index is 6.01. The maximum absolute atomic E-state index is 6.01. The first-order chi connectivity index (χ1) is 15.6. The number of hydrogen-bond acceptors (Lipinski definition) is 5. The van der Waals surface area contributed by atoms with Gasteiger partial charge < -0.3 is 11.1 Å². The molecule has 156 valence electrons. The molecule has 5 aromatic rings. The molecule has 5 rings (SSSR count). The Morgan fingerprint density at radius 1 is 0.750 bits per heavy atom. The van der Waals surface area contributed by atoms with Crippen molar-refractivity contribution in [2.45, 2.75) is 13.5 Å². The lowest BCUT2D eigenvalue weighted by atomic mass is 10.0. The predicted octanol–water partition coefficient (Wildman–Crippen LogP) is 5.86. The molecule has 0 radical (unpaired) electrons. The summed E-state index contributed by atoms with van der Waals surface area (Å²) in [4.78, 5) is 13.1. The Kier molecular flexibility index (Phi) is 5.22. The number of fused-ring (bicyclic) bond motifs is 1. The van der Waals surface area contributed by atoms with Crippen molar-refractivity contribution in [3.63, 3.8) is 0 Å². The second-order valence-corrected chi connectivity index (χ2v) is 7.79. The number of nitrogens with two attached hydrogens (primary N) is 1. The summed E-state index contributed by atoms with van der Waals surface area (Å²) in [7, 11) is 0. The largest absolute Gasteiger partial charge is 0.368 e. The minimum atomic E-state index is 0.251. The highest BCUT2D eigenvalue weighted by Crippen LogP contribution is 2.25. The first-order valence-electron chi connectivity index (χ1n) is 10.5. The number of hydrogen-bond donors (Lipinski definition) is 2. The van der Waals surface area contributed by atoms with Gasteiger partial charge in [-0.3, -0.25) is 4.98 Å². The number of aryl methyl sites for hydroxylation is 1. The van der Waals surface area contributed by atoms with E-state index in [1.165, 1.54) is 21.9 Å². The average Bonchev–Trinajstić information content (AvgIpc) is 2.82. The molecule has 5 heteroatoms. The van der Waals surface area contributed by atoms with Crippen LogP contribution in [0.4, 0.5) is 11.8 Å². The van der Waals surface area contributed by atoms with Crippen molar-refractivity contribution in [2.75, 3.05) is 11.1 Å². The van der Waals surface area contributed by atoms with Crippen LogP contribution in [0.2, 0.25) is 0 Å². The molecule has 0 fully saturated rings. The van der Waals surface area contributed by atoms with Crippen molar-refractivity contribution < 1.29 is 0 Å². The highest BCUT2D eigenvalue weighted by molar-refractivity contribution is 5.87. The van der Waals surface area contributed by atoms with Gasteiger partial charge in [0.2, 0.25) is 5.95 Å². The molecule has 3 N–H and O–H groups in total. The van der Waals surface area contributed by atoms with Crippen LogP contribution in [0, 0.1) is 6.92 Å². The van der Waals surface area contributed by atoms with Gasteiger partial charge >= 0.3 is 0 Å². The maximum Gasteiger partial charge on any atom is 0.222 e. The lowest BCUT2D eigenvalue weighted by molar-refractivity contribution is 1.09. The SMILES string of the molecule is Cc1cc(-c2ccc(CNc3cc(-c4ccc5ccccc5c4)nc(N)n3)cc2)ccn1. The van der Waals surface area contributed by atoms with Gasteiger partial charge in [0.25, 0.3) is 0 Å². The molecule has 2 aromatic heterocycles. The second-order valence-electron chi connectivity index (χ2n) is 7.79. The number of pyridine rings is 1. The fourth-order valence-electron chi connectivity index (χ4n) is 3.79. The average molecular weight is 418 g/mol. The number of nitrogen functional groups attached to an aromatic ring is 1. The molecule has 32 heavy (non-hydrogen) atoms. The molecular formula is C27H23N5. The molecule has 0 saturated heterocycles. The summed E-state index contributed by atoms with van der Waals surface area (Å²) in [6, 6.07) is 29.1. The third-order valence-electron chi connectivity index (χ3n) is 5.45. The number of nitrogens with zero attached hydrogens (tertiary/aromatic N) is 3. The highest BCUT2D eigenvalue weighted by Gasteiger charge is 2.07. The Morgan fingerprint density at radius 2 is 1.53 bits per heavy atom. The van der Waals surface area contributed by atoms with Crippen molar-refractivity contribution in [1.82, 2.24) is 15.0 Å². The molecule has 0 saturated carbocycles. The fourth-order valence-corrected chi connectivity index (χ4v) is 3.79. The monoisotopic (exact) mass is 417 g/mol. The number of anilines is 2. The summed E-state index contributed by atoms with van der Waals surface area (Å²) in [5, 5.41) is 5.74. The predicted molar refractivity (Wildman–Crippen MR) is 131 cm³/mol. The molecular weight excluding hydrogens is 394 g/mol. The van der Waals surface area contributed by atoms with Gasteiger partial charge in [0.1, 0.15) is 5.82 Å². The zero-order valence-electron chi connectivity index (χ0n) is 17.8. The van der Waals surface area contributed by atoms with E-state index in [2.05, 4.69) is 80.9 Å². The Labute approximate surface area is 187 Å². The molecule has 0 amide bonds. The molecule has 0 bridgehead atoms. The van der Waals surface area contributed by atoms with E-state index in [9.17, 15) is 0 Å². The van der Waals surface area contributed by atoms with Crippen molar-refractivity contribution >= 4 is 22.5 Å². The molecule has 0 spiro atoms.